The largest absolute Gasteiger partial charge is 0.374 e. The molecule has 0 radical (unpaired) electrons. The van der Waals surface area contributed by atoms with E-state index >= 15 is 0 Å². The standard InChI is InChI=1S/C13H29N3O/c1-4-7-16(8-6-14-3)12-13-11-15(5-2)9-10-17-13/h13-14H,4-12H2,1-3H3. The molecule has 0 aromatic rings. The van der Waals surface area contributed by atoms with Crippen LogP contribution in [0.5, 0.6) is 0 Å². The third-order valence-electron chi connectivity index (χ3n) is 3.35. The monoisotopic (exact) mass is 243 g/mol. The summed E-state index contributed by atoms with van der Waals surface area (Å²) in [6.45, 7) is 13.1. The second kappa shape index (κ2) is 8.86. The maximum Gasteiger partial charge on any atom is 0.0829 e. The Labute approximate surface area is 106 Å². The predicted octanol–water partition coefficient (Wildman–Crippen LogP) is 0.639. The molecule has 1 N–H and O–H groups in total. The fraction of sp³-hybridized carbons (Fsp3) is 1.00. The van der Waals surface area contributed by atoms with E-state index in [1.54, 1.807) is 0 Å². The van der Waals surface area contributed by atoms with Crippen molar-refractivity contribution in [2.45, 2.75) is 26.4 Å². The Hall–Kier alpha value is -0.160. The molecular weight excluding hydrogens is 214 g/mol. The Morgan fingerprint density at radius 2 is 2.18 bits per heavy atom. The van der Waals surface area contributed by atoms with E-state index in [4.69, 9.17) is 4.74 Å². The van der Waals surface area contributed by atoms with Crippen LogP contribution < -0.4 is 5.32 Å². The maximum atomic E-state index is 5.86. The molecular formula is C13H29N3O. The first kappa shape index (κ1) is 14.9. The lowest BCUT2D eigenvalue weighted by molar-refractivity contribution is -0.0416. The molecule has 1 aliphatic heterocycles. The van der Waals surface area contributed by atoms with Crippen molar-refractivity contribution in [2.75, 3.05) is 59.5 Å². The van der Waals surface area contributed by atoms with Crippen LogP contribution in [0.4, 0.5) is 0 Å². The van der Waals surface area contributed by atoms with Crippen molar-refractivity contribution in [3.63, 3.8) is 0 Å². The number of ether oxygens (including phenoxy) is 1. The predicted molar refractivity (Wildman–Crippen MR) is 72.5 cm³/mol. The Morgan fingerprint density at radius 1 is 1.35 bits per heavy atom. The van der Waals surface area contributed by atoms with Crippen LogP contribution in [0, 0.1) is 0 Å². The van der Waals surface area contributed by atoms with Crippen molar-refractivity contribution in [1.82, 2.24) is 15.1 Å². The summed E-state index contributed by atoms with van der Waals surface area (Å²) in [6.07, 6.45) is 1.61. The van der Waals surface area contributed by atoms with Gasteiger partial charge in [-0.2, -0.15) is 0 Å². The minimum absolute atomic E-state index is 0.395. The Kier molecular flexibility index (Phi) is 7.77. The van der Waals surface area contributed by atoms with Gasteiger partial charge in [-0.05, 0) is 26.6 Å². The summed E-state index contributed by atoms with van der Waals surface area (Å²) in [5, 5.41) is 3.22. The van der Waals surface area contributed by atoms with Crippen LogP contribution in [0.25, 0.3) is 0 Å². The summed E-state index contributed by atoms with van der Waals surface area (Å²) in [4.78, 5) is 5.00. The van der Waals surface area contributed by atoms with E-state index in [2.05, 4.69) is 29.0 Å². The Morgan fingerprint density at radius 3 is 2.82 bits per heavy atom. The zero-order valence-corrected chi connectivity index (χ0v) is 11.7. The van der Waals surface area contributed by atoms with Crippen LogP contribution >= 0.6 is 0 Å². The second-order valence-electron chi connectivity index (χ2n) is 4.79. The van der Waals surface area contributed by atoms with Crippen LogP contribution in [0.3, 0.4) is 0 Å². The molecule has 4 nitrogen and oxygen atoms in total. The highest BCUT2D eigenvalue weighted by molar-refractivity contribution is 4.74. The lowest BCUT2D eigenvalue weighted by Gasteiger charge is -2.35. The third kappa shape index (κ3) is 5.82. The summed E-state index contributed by atoms with van der Waals surface area (Å²) >= 11 is 0. The van der Waals surface area contributed by atoms with Gasteiger partial charge in [0.15, 0.2) is 0 Å². The molecule has 17 heavy (non-hydrogen) atoms. The van der Waals surface area contributed by atoms with Crippen molar-refractivity contribution >= 4 is 0 Å². The maximum absolute atomic E-state index is 5.86. The zero-order chi connectivity index (χ0) is 12.5. The molecule has 0 amide bonds. The van der Waals surface area contributed by atoms with E-state index in [1.807, 2.05) is 7.05 Å². The molecule has 0 saturated carbocycles. The van der Waals surface area contributed by atoms with Gasteiger partial charge in [-0.1, -0.05) is 13.8 Å². The Bertz CT molecular complexity index is 188. The number of rotatable bonds is 8. The molecule has 4 heteroatoms. The summed E-state index contributed by atoms with van der Waals surface area (Å²) in [6, 6.07) is 0. The van der Waals surface area contributed by atoms with Gasteiger partial charge in [-0.15, -0.1) is 0 Å². The summed E-state index contributed by atoms with van der Waals surface area (Å²) < 4.78 is 5.86. The molecule has 1 fully saturated rings. The molecule has 1 saturated heterocycles. The first-order valence-corrected chi connectivity index (χ1v) is 7.01. The minimum Gasteiger partial charge on any atom is -0.374 e. The SMILES string of the molecule is CCCN(CCNC)CC1CN(CC)CCO1. The van der Waals surface area contributed by atoms with E-state index in [0.29, 0.717) is 6.10 Å². The number of nitrogens with one attached hydrogen (secondary N) is 1. The Balaban J connectivity index is 2.31. The number of likely N-dealkylation sites (N-methyl/N-ethyl adjacent to an activating group) is 2. The number of hydrogen-bond donors (Lipinski definition) is 1. The van der Waals surface area contributed by atoms with E-state index < -0.39 is 0 Å². The zero-order valence-electron chi connectivity index (χ0n) is 11.7. The number of nitrogens with zero attached hydrogens (tertiary/aromatic N) is 2. The molecule has 1 atom stereocenters. The highest BCUT2D eigenvalue weighted by atomic mass is 16.5. The van der Waals surface area contributed by atoms with E-state index in [1.165, 1.54) is 13.0 Å². The van der Waals surface area contributed by atoms with Crippen LogP contribution in [-0.4, -0.2) is 75.4 Å². The fourth-order valence-electron chi connectivity index (χ4n) is 2.35. The molecule has 1 heterocycles. The molecule has 0 aliphatic carbocycles. The molecule has 0 spiro atoms. The molecule has 0 bridgehead atoms. The van der Waals surface area contributed by atoms with Gasteiger partial charge in [-0.3, -0.25) is 9.80 Å². The van der Waals surface area contributed by atoms with Gasteiger partial charge >= 0.3 is 0 Å². The smallest absolute Gasteiger partial charge is 0.0829 e. The summed E-state index contributed by atoms with van der Waals surface area (Å²) in [7, 11) is 2.01. The fourth-order valence-corrected chi connectivity index (χ4v) is 2.35. The average Bonchev–Trinajstić information content (AvgIpc) is 2.36. The van der Waals surface area contributed by atoms with Gasteiger partial charge in [0.05, 0.1) is 12.7 Å². The molecule has 1 unspecified atom stereocenters. The van der Waals surface area contributed by atoms with Crippen molar-refractivity contribution in [3.8, 4) is 0 Å². The summed E-state index contributed by atoms with van der Waals surface area (Å²) in [5.74, 6) is 0. The normalized spacial score (nSPS) is 22.2. The van der Waals surface area contributed by atoms with Gasteiger partial charge in [0.25, 0.3) is 0 Å². The highest BCUT2D eigenvalue weighted by Gasteiger charge is 2.21. The number of hydrogen-bond acceptors (Lipinski definition) is 4. The molecule has 1 aliphatic rings. The number of morpholine rings is 1. The van der Waals surface area contributed by atoms with Gasteiger partial charge in [0.2, 0.25) is 0 Å². The lowest BCUT2D eigenvalue weighted by Crippen LogP contribution is -2.48. The van der Waals surface area contributed by atoms with Crippen LogP contribution in [0.1, 0.15) is 20.3 Å². The van der Waals surface area contributed by atoms with Crippen molar-refractivity contribution in [3.05, 3.63) is 0 Å². The van der Waals surface area contributed by atoms with Crippen molar-refractivity contribution in [2.24, 2.45) is 0 Å². The lowest BCUT2D eigenvalue weighted by atomic mass is 10.2. The third-order valence-corrected chi connectivity index (χ3v) is 3.35. The molecule has 102 valence electrons. The van der Waals surface area contributed by atoms with E-state index in [0.717, 1.165) is 45.9 Å². The van der Waals surface area contributed by atoms with E-state index in [-0.39, 0.29) is 0 Å². The quantitative estimate of drug-likeness (QED) is 0.677. The van der Waals surface area contributed by atoms with Crippen molar-refractivity contribution in [1.29, 1.82) is 0 Å². The van der Waals surface area contributed by atoms with Gasteiger partial charge < -0.3 is 10.1 Å². The minimum atomic E-state index is 0.395. The second-order valence-corrected chi connectivity index (χ2v) is 4.79. The average molecular weight is 243 g/mol. The van der Waals surface area contributed by atoms with Crippen LogP contribution in [-0.2, 0) is 4.74 Å². The topological polar surface area (TPSA) is 27.7 Å². The first-order valence-electron chi connectivity index (χ1n) is 7.01. The molecule has 1 rings (SSSR count). The first-order chi connectivity index (χ1) is 8.30. The van der Waals surface area contributed by atoms with Gasteiger partial charge in [0.1, 0.15) is 0 Å². The van der Waals surface area contributed by atoms with Crippen molar-refractivity contribution < 1.29 is 4.74 Å². The van der Waals surface area contributed by atoms with Gasteiger partial charge in [-0.25, -0.2) is 0 Å². The van der Waals surface area contributed by atoms with E-state index in [9.17, 15) is 0 Å². The van der Waals surface area contributed by atoms with Gasteiger partial charge in [0, 0.05) is 32.7 Å². The summed E-state index contributed by atoms with van der Waals surface area (Å²) in [5.41, 5.74) is 0. The van der Waals surface area contributed by atoms with Crippen LogP contribution in [0.2, 0.25) is 0 Å². The molecule has 0 aromatic carbocycles. The van der Waals surface area contributed by atoms with Crippen LogP contribution in [0.15, 0.2) is 0 Å². The molecule has 0 aromatic heterocycles. The highest BCUT2D eigenvalue weighted by Crippen LogP contribution is 2.07.